The Bertz CT molecular complexity index is 445. The van der Waals surface area contributed by atoms with Crippen molar-refractivity contribution in [1.29, 1.82) is 0 Å². The van der Waals surface area contributed by atoms with Gasteiger partial charge >= 0.3 is 5.97 Å². The topological polar surface area (TPSA) is 87.9 Å². The van der Waals surface area contributed by atoms with Gasteiger partial charge in [-0.15, -0.1) is 0 Å². The number of ether oxygens (including phenoxy) is 3. The molecular weight excluding hydrogens is 242 g/mol. The van der Waals surface area contributed by atoms with Crippen molar-refractivity contribution in [2.24, 2.45) is 0 Å². The smallest absolute Gasteiger partial charge is 0.344 e. The van der Waals surface area contributed by atoms with Gasteiger partial charge in [0.1, 0.15) is 0 Å². The molecule has 0 amide bonds. The molecule has 0 aromatic heterocycles. The van der Waals surface area contributed by atoms with E-state index in [-0.39, 0.29) is 30.4 Å². The Balaban J connectivity index is 2.76. The SMILES string of the molecule is CCOC(=O)COc1ccc([N+](=O)[O-])cc1OC. The Morgan fingerprint density at radius 3 is 2.67 bits per heavy atom. The molecule has 0 fully saturated rings. The first kappa shape index (κ1) is 13.8. The van der Waals surface area contributed by atoms with Crippen molar-refractivity contribution >= 4 is 11.7 Å². The third-order valence-electron chi connectivity index (χ3n) is 2.01. The van der Waals surface area contributed by atoms with Crippen LogP contribution >= 0.6 is 0 Å². The molecule has 0 bridgehead atoms. The monoisotopic (exact) mass is 255 g/mol. The molecule has 7 nitrogen and oxygen atoms in total. The summed E-state index contributed by atoms with van der Waals surface area (Å²) in [5.74, 6) is -0.0810. The van der Waals surface area contributed by atoms with Gasteiger partial charge in [-0.2, -0.15) is 0 Å². The quantitative estimate of drug-likeness (QED) is 0.435. The summed E-state index contributed by atoms with van der Waals surface area (Å²) in [5.41, 5.74) is -0.115. The third-order valence-corrected chi connectivity index (χ3v) is 2.01. The van der Waals surface area contributed by atoms with Crippen molar-refractivity contribution in [2.75, 3.05) is 20.3 Å². The highest BCUT2D eigenvalue weighted by atomic mass is 16.6. The molecule has 0 saturated carbocycles. The van der Waals surface area contributed by atoms with Crippen LogP contribution < -0.4 is 9.47 Å². The number of nitrogens with zero attached hydrogens (tertiary/aromatic N) is 1. The largest absolute Gasteiger partial charge is 0.493 e. The molecule has 7 heteroatoms. The molecule has 0 unspecified atom stereocenters. The fraction of sp³-hybridized carbons (Fsp3) is 0.364. The van der Waals surface area contributed by atoms with Crippen LogP contribution in [-0.2, 0) is 9.53 Å². The van der Waals surface area contributed by atoms with Crippen LogP contribution in [0.2, 0.25) is 0 Å². The molecule has 18 heavy (non-hydrogen) atoms. The van der Waals surface area contributed by atoms with Crippen LogP contribution in [0.5, 0.6) is 11.5 Å². The highest BCUT2D eigenvalue weighted by Crippen LogP contribution is 2.30. The number of nitro benzene ring substituents is 1. The Morgan fingerprint density at radius 2 is 2.11 bits per heavy atom. The number of benzene rings is 1. The van der Waals surface area contributed by atoms with Crippen molar-refractivity contribution in [1.82, 2.24) is 0 Å². The predicted octanol–water partition coefficient (Wildman–Crippen LogP) is 1.55. The average molecular weight is 255 g/mol. The van der Waals surface area contributed by atoms with Gasteiger partial charge in [-0.25, -0.2) is 4.79 Å². The van der Waals surface area contributed by atoms with Gasteiger partial charge in [0.05, 0.1) is 24.7 Å². The Morgan fingerprint density at radius 1 is 1.39 bits per heavy atom. The van der Waals surface area contributed by atoms with Gasteiger partial charge in [-0.05, 0) is 13.0 Å². The van der Waals surface area contributed by atoms with Crippen LogP contribution in [0.15, 0.2) is 18.2 Å². The minimum atomic E-state index is -0.544. The van der Waals surface area contributed by atoms with Crippen molar-refractivity contribution in [3.63, 3.8) is 0 Å². The summed E-state index contributed by atoms with van der Waals surface area (Å²) in [7, 11) is 1.36. The summed E-state index contributed by atoms with van der Waals surface area (Å²) in [6.45, 7) is 1.67. The van der Waals surface area contributed by atoms with E-state index in [9.17, 15) is 14.9 Å². The van der Waals surface area contributed by atoms with Crippen molar-refractivity contribution in [3.8, 4) is 11.5 Å². The minimum Gasteiger partial charge on any atom is -0.493 e. The van der Waals surface area contributed by atoms with Crippen LogP contribution in [0.1, 0.15) is 6.92 Å². The number of esters is 1. The second-order valence-corrected chi connectivity index (χ2v) is 3.19. The van der Waals surface area contributed by atoms with Crippen LogP contribution in [0.25, 0.3) is 0 Å². The van der Waals surface area contributed by atoms with E-state index in [2.05, 4.69) is 4.74 Å². The number of nitro groups is 1. The van der Waals surface area contributed by atoms with E-state index in [1.807, 2.05) is 0 Å². The normalized spacial score (nSPS) is 9.67. The van der Waals surface area contributed by atoms with Gasteiger partial charge in [0.25, 0.3) is 5.69 Å². The second-order valence-electron chi connectivity index (χ2n) is 3.19. The summed E-state index contributed by atoms with van der Waals surface area (Å²) in [4.78, 5) is 21.1. The zero-order valence-corrected chi connectivity index (χ0v) is 10.0. The number of hydrogen-bond donors (Lipinski definition) is 0. The second kappa shape index (κ2) is 6.43. The average Bonchev–Trinajstić information content (AvgIpc) is 2.36. The predicted molar refractivity (Wildman–Crippen MR) is 61.8 cm³/mol. The summed E-state index contributed by atoms with van der Waals surface area (Å²) in [5, 5.41) is 10.6. The molecule has 0 aliphatic heterocycles. The lowest BCUT2D eigenvalue weighted by Crippen LogP contribution is -2.14. The molecule has 0 heterocycles. The van der Waals surface area contributed by atoms with Gasteiger partial charge in [0, 0.05) is 6.07 Å². The highest BCUT2D eigenvalue weighted by Gasteiger charge is 2.13. The summed E-state index contributed by atoms with van der Waals surface area (Å²) in [6.07, 6.45) is 0. The first-order valence-corrected chi connectivity index (χ1v) is 5.19. The number of non-ortho nitro benzene ring substituents is 1. The molecule has 1 aromatic carbocycles. The number of rotatable bonds is 6. The van der Waals surface area contributed by atoms with Crippen molar-refractivity contribution in [2.45, 2.75) is 6.92 Å². The Labute approximate surface area is 103 Å². The molecule has 0 saturated heterocycles. The number of carbonyl (C=O) groups excluding carboxylic acids is 1. The zero-order valence-electron chi connectivity index (χ0n) is 10.0. The number of carbonyl (C=O) groups is 1. The van der Waals surface area contributed by atoms with Crippen LogP contribution in [0, 0.1) is 10.1 Å². The van der Waals surface area contributed by atoms with E-state index in [0.717, 1.165) is 0 Å². The molecule has 98 valence electrons. The highest BCUT2D eigenvalue weighted by molar-refractivity contribution is 5.71. The molecule has 0 spiro atoms. The Kier molecular flexibility index (Phi) is 4.91. The lowest BCUT2D eigenvalue weighted by Gasteiger charge is -2.09. The summed E-state index contributed by atoms with van der Waals surface area (Å²) < 4.78 is 14.8. The lowest BCUT2D eigenvalue weighted by atomic mass is 10.3. The molecular formula is C11H13NO6. The Hall–Kier alpha value is -2.31. The van der Waals surface area contributed by atoms with Crippen molar-refractivity contribution in [3.05, 3.63) is 28.3 Å². The zero-order chi connectivity index (χ0) is 13.5. The van der Waals surface area contributed by atoms with Crippen LogP contribution in [-0.4, -0.2) is 31.2 Å². The molecule has 0 atom stereocenters. The van der Waals surface area contributed by atoms with E-state index in [1.165, 1.54) is 25.3 Å². The van der Waals surface area contributed by atoms with E-state index in [0.29, 0.717) is 0 Å². The van der Waals surface area contributed by atoms with Gasteiger partial charge in [0.2, 0.25) is 0 Å². The van der Waals surface area contributed by atoms with Crippen molar-refractivity contribution < 1.29 is 23.9 Å². The van der Waals surface area contributed by atoms with E-state index >= 15 is 0 Å². The first-order chi connectivity index (χ1) is 8.58. The maximum Gasteiger partial charge on any atom is 0.344 e. The first-order valence-electron chi connectivity index (χ1n) is 5.19. The lowest BCUT2D eigenvalue weighted by molar-refractivity contribution is -0.384. The van der Waals surface area contributed by atoms with Crippen LogP contribution in [0.3, 0.4) is 0 Å². The molecule has 0 N–H and O–H groups in total. The van der Waals surface area contributed by atoms with Gasteiger partial charge in [-0.1, -0.05) is 0 Å². The standard InChI is InChI=1S/C11H13NO6/c1-3-17-11(13)7-18-9-5-4-8(12(14)15)6-10(9)16-2/h4-6H,3,7H2,1-2H3. The minimum absolute atomic E-state index is 0.115. The summed E-state index contributed by atoms with van der Waals surface area (Å²) >= 11 is 0. The van der Waals surface area contributed by atoms with Gasteiger partial charge in [0.15, 0.2) is 18.1 Å². The van der Waals surface area contributed by atoms with Crippen LogP contribution in [0.4, 0.5) is 5.69 Å². The van der Waals surface area contributed by atoms with E-state index in [1.54, 1.807) is 6.92 Å². The number of methoxy groups -OCH3 is 1. The van der Waals surface area contributed by atoms with Gasteiger partial charge < -0.3 is 14.2 Å². The molecule has 1 aromatic rings. The molecule has 0 aliphatic rings. The summed E-state index contributed by atoms with van der Waals surface area (Å²) in [6, 6.07) is 3.86. The molecule has 0 aliphatic carbocycles. The fourth-order valence-corrected chi connectivity index (χ4v) is 1.23. The van der Waals surface area contributed by atoms with Gasteiger partial charge in [-0.3, -0.25) is 10.1 Å². The fourth-order valence-electron chi connectivity index (χ4n) is 1.23. The third kappa shape index (κ3) is 3.62. The maximum absolute atomic E-state index is 11.1. The maximum atomic E-state index is 11.1. The van der Waals surface area contributed by atoms with E-state index in [4.69, 9.17) is 9.47 Å². The molecule has 0 radical (unpaired) electrons. The number of hydrogen-bond acceptors (Lipinski definition) is 6. The molecule has 1 rings (SSSR count). The van der Waals surface area contributed by atoms with E-state index < -0.39 is 10.9 Å².